The third-order valence-corrected chi connectivity index (χ3v) is 1.39. The highest BCUT2D eigenvalue weighted by Crippen LogP contribution is 1.94. The summed E-state index contributed by atoms with van der Waals surface area (Å²) in [6, 6.07) is 0. The summed E-state index contributed by atoms with van der Waals surface area (Å²) in [5.41, 5.74) is 5.68. The second kappa shape index (κ2) is 6.82. The van der Waals surface area contributed by atoms with E-state index in [1.165, 1.54) is 13.3 Å². The van der Waals surface area contributed by atoms with Crippen LogP contribution in [0.15, 0.2) is 21.6 Å². The van der Waals surface area contributed by atoms with Gasteiger partial charge in [0.15, 0.2) is 0 Å². The van der Waals surface area contributed by atoms with Gasteiger partial charge >= 0.3 is 5.97 Å². The first-order valence-electron chi connectivity index (χ1n) is 4.25. The number of nitrogens with two attached hydrogens (primary N) is 1. The quantitative estimate of drug-likeness (QED) is 0.310. The largest absolute Gasteiger partial charge is 0.462 e. The lowest BCUT2D eigenvalue weighted by molar-refractivity contribution is -0.137. The maximum Gasteiger partial charge on any atom is 0.339 e. The van der Waals surface area contributed by atoms with Crippen molar-refractivity contribution in [2.24, 2.45) is 15.7 Å². The molecule has 0 aromatic carbocycles. The first-order chi connectivity index (χ1) is 6.65. The lowest BCUT2D eigenvalue weighted by atomic mass is 10.3. The van der Waals surface area contributed by atoms with Crippen LogP contribution in [-0.2, 0) is 9.53 Å². The van der Waals surface area contributed by atoms with Gasteiger partial charge in [-0.3, -0.25) is 4.99 Å². The number of carbonyl (C=O) groups is 1. The fourth-order valence-electron chi connectivity index (χ4n) is 0.653. The molecule has 0 saturated carbocycles. The van der Waals surface area contributed by atoms with Gasteiger partial charge in [-0.15, -0.1) is 0 Å². The van der Waals surface area contributed by atoms with Crippen LogP contribution in [0.25, 0.3) is 0 Å². The van der Waals surface area contributed by atoms with Crippen LogP contribution in [-0.4, -0.2) is 31.8 Å². The van der Waals surface area contributed by atoms with Gasteiger partial charge in [-0.05, 0) is 13.8 Å². The molecule has 0 amide bonds. The molecule has 2 N–H and O–H groups in total. The molecule has 0 heterocycles. The molecule has 0 atom stereocenters. The van der Waals surface area contributed by atoms with Gasteiger partial charge < -0.3 is 10.5 Å². The maximum atomic E-state index is 11.2. The van der Waals surface area contributed by atoms with Crippen LogP contribution in [0, 0.1) is 0 Å². The number of nitrogens with zero attached hydrogens (tertiary/aromatic N) is 2. The normalized spacial score (nSPS) is 13.4. The van der Waals surface area contributed by atoms with E-state index in [1.54, 1.807) is 19.9 Å². The number of hydrogen-bond donors (Lipinski definition) is 1. The maximum absolute atomic E-state index is 11.2. The lowest BCUT2D eigenvalue weighted by Gasteiger charge is -2.00. The highest BCUT2D eigenvalue weighted by Gasteiger charge is 2.05. The highest BCUT2D eigenvalue weighted by molar-refractivity contribution is 6.11. The predicted octanol–water partition coefficient (Wildman–Crippen LogP) is 0.511. The zero-order valence-corrected chi connectivity index (χ0v) is 8.65. The third kappa shape index (κ3) is 4.39. The van der Waals surface area contributed by atoms with Crippen molar-refractivity contribution >= 4 is 18.1 Å². The zero-order chi connectivity index (χ0) is 11.0. The van der Waals surface area contributed by atoms with E-state index >= 15 is 0 Å². The smallest absolute Gasteiger partial charge is 0.339 e. The molecule has 0 saturated heterocycles. The topological polar surface area (TPSA) is 77.0 Å². The summed E-state index contributed by atoms with van der Waals surface area (Å²) in [5, 5.41) is 0. The van der Waals surface area contributed by atoms with Crippen molar-refractivity contribution in [2.45, 2.75) is 13.8 Å². The van der Waals surface area contributed by atoms with Crippen LogP contribution >= 0.6 is 0 Å². The average Bonchev–Trinajstić information content (AvgIpc) is 2.18. The number of rotatable bonds is 3. The second-order valence-corrected chi connectivity index (χ2v) is 2.30. The van der Waals surface area contributed by atoms with Crippen molar-refractivity contribution in [1.29, 1.82) is 0 Å². The molecule has 0 aromatic heterocycles. The molecule has 0 fully saturated rings. The summed E-state index contributed by atoms with van der Waals surface area (Å²) in [5.74, 6) is -0.295. The predicted molar refractivity (Wildman–Crippen MR) is 56.4 cm³/mol. The Hall–Kier alpha value is -1.65. The molecule has 14 heavy (non-hydrogen) atoms. The molecular weight excluding hydrogens is 182 g/mol. The summed E-state index contributed by atoms with van der Waals surface area (Å²) in [6.45, 7) is 3.79. The van der Waals surface area contributed by atoms with Crippen LogP contribution in [0.2, 0.25) is 0 Å². The van der Waals surface area contributed by atoms with Crippen molar-refractivity contribution in [3.05, 3.63) is 11.6 Å². The minimum Gasteiger partial charge on any atom is -0.462 e. The number of ether oxygens (including phenoxy) is 1. The second-order valence-electron chi connectivity index (χ2n) is 2.30. The van der Waals surface area contributed by atoms with Crippen LogP contribution in [0.3, 0.4) is 0 Å². The summed E-state index contributed by atoms with van der Waals surface area (Å²) in [4.78, 5) is 18.6. The van der Waals surface area contributed by atoms with E-state index in [-0.39, 0.29) is 5.96 Å². The Bertz CT molecular complexity index is 280. The SMILES string of the molecule is C/C=C(\C=NC(N)=NC)C(=O)OCC. The highest BCUT2D eigenvalue weighted by atomic mass is 16.5. The van der Waals surface area contributed by atoms with E-state index in [1.807, 2.05) is 0 Å². The van der Waals surface area contributed by atoms with Gasteiger partial charge in [0.25, 0.3) is 0 Å². The van der Waals surface area contributed by atoms with Gasteiger partial charge in [-0.25, -0.2) is 9.79 Å². The molecule has 0 aliphatic carbocycles. The minimum atomic E-state index is -0.414. The minimum absolute atomic E-state index is 0.119. The number of esters is 1. The summed E-state index contributed by atoms with van der Waals surface area (Å²) >= 11 is 0. The molecule has 0 aliphatic rings. The number of guanidine groups is 1. The van der Waals surface area contributed by atoms with E-state index < -0.39 is 5.97 Å². The summed E-state index contributed by atoms with van der Waals surface area (Å²) in [6.07, 6.45) is 2.94. The van der Waals surface area contributed by atoms with E-state index in [4.69, 9.17) is 10.5 Å². The van der Waals surface area contributed by atoms with Gasteiger partial charge in [0, 0.05) is 13.3 Å². The molecule has 0 radical (unpaired) electrons. The standard InChI is InChI=1S/C9H15N3O2/c1-4-7(8(13)14-5-2)6-12-9(10)11-3/h4,6H,5H2,1-3H3,(H2,10,11)/b7-4+,12-6?. The Morgan fingerprint density at radius 3 is 2.64 bits per heavy atom. The number of aliphatic imine (C=N–C) groups is 2. The molecule has 5 heteroatoms. The van der Waals surface area contributed by atoms with Gasteiger partial charge in [0.2, 0.25) is 5.96 Å². The molecular formula is C9H15N3O2. The molecule has 78 valence electrons. The Balaban J connectivity index is 4.46. The summed E-state index contributed by atoms with van der Waals surface area (Å²) in [7, 11) is 1.52. The third-order valence-electron chi connectivity index (χ3n) is 1.39. The van der Waals surface area contributed by atoms with Crippen LogP contribution < -0.4 is 5.73 Å². The first-order valence-corrected chi connectivity index (χ1v) is 4.25. The van der Waals surface area contributed by atoms with Crippen molar-refractivity contribution in [1.82, 2.24) is 0 Å². The molecule has 0 spiro atoms. The van der Waals surface area contributed by atoms with Crippen LogP contribution in [0.5, 0.6) is 0 Å². The Labute approximate surface area is 83.4 Å². The van der Waals surface area contributed by atoms with Gasteiger partial charge in [0.1, 0.15) is 0 Å². The fraction of sp³-hybridized carbons (Fsp3) is 0.444. The first kappa shape index (κ1) is 12.3. The van der Waals surface area contributed by atoms with Crippen molar-refractivity contribution in [3.63, 3.8) is 0 Å². The summed E-state index contributed by atoms with van der Waals surface area (Å²) < 4.78 is 4.78. The Kier molecular flexibility index (Phi) is 6.02. The number of carbonyl (C=O) groups excluding carboxylic acids is 1. The van der Waals surface area contributed by atoms with Crippen molar-refractivity contribution in [3.8, 4) is 0 Å². The molecule has 0 bridgehead atoms. The molecule has 5 nitrogen and oxygen atoms in total. The van der Waals surface area contributed by atoms with E-state index in [0.29, 0.717) is 12.2 Å². The Morgan fingerprint density at radius 2 is 2.21 bits per heavy atom. The molecule has 0 aromatic rings. The molecule has 0 rings (SSSR count). The molecule has 0 aliphatic heterocycles. The van der Waals surface area contributed by atoms with E-state index in [2.05, 4.69) is 9.98 Å². The van der Waals surface area contributed by atoms with Gasteiger partial charge in [-0.2, -0.15) is 0 Å². The van der Waals surface area contributed by atoms with Crippen molar-refractivity contribution < 1.29 is 9.53 Å². The monoisotopic (exact) mass is 197 g/mol. The zero-order valence-electron chi connectivity index (χ0n) is 8.65. The average molecular weight is 197 g/mol. The number of allylic oxidation sites excluding steroid dienone is 1. The lowest BCUT2D eigenvalue weighted by Crippen LogP contribution is -2.12. The molecule has 0 unspecified atom stereocenters. The Morgan fingerprint density at radius 1 is 1.57 bits per heavy atom. The van der Waals surface area contributed by atoms with Crippen molar-refractivity contribution in [2.75, 3.05) is 13.7 Å². The van der Waals surface area contributed by atoms with Gasteiger partial charge in [-0.1, -0.05) is 6.08 Å². The van der Waals surface area contributed by atoms with E-state index in [9.17, 15) is 4.79 Å². The fourth-order valence-corrected chi connectivity index (χ4v) is 0.653. The van der Waals surface area contributed by atoms with E-state index in [0.717, 1.165) is 0 Å². The van der Waals surface area contributed by atoms with Crippen LogP contribution in [0.4, 0.5) is 0 Å². The van der Waals surface area contributed by atoms with Gasteiger partial charge in [0.05, 0.1) is 12.2 Å². The number of hydrogen-bond acceptors (Lipinski definition) is 3. The van der Waals surface area contributed by atoms with Crippen LogP contribution in [0.1, 0.15) is 13.8 Å².